The first-order valence-electron chi connectivity index (χ1n) is 4.92. The maximum Gasteiger partial charge on any atom is 0.208 e. The number of nitrogens with zero attached hydrogens (tertiary/aromatic N) is 2. The molecule has 0 heterocycles. The minimum absolute atomic E-state index is 0.116. The molecule has 6 heteroatoms. The van der Waals surface area contributed by atoms with Crippen LogP contribution in [0.5, 0.6) is 0 Å². The Kier molecular flexibility index (Phi) is 2.87. The number of hydrogen-bond donors (Lipinski definition) is 3. The van der Waals surface area contributed by atoms with Gasteiger partial charge in [0.25, 0.3) is 0 Å². The van der Waals surface area contributed by atoms with E-state index in [0.717, 1.165) is 10.8 Å². The molecule has 0 aromatic heterocycles. The number of nitrogens with two attached hydrogens (primary N) is 2. The van der Waals surface area contributed by atoms with Crippen LogP contribution in [0.4, 0.5) is 11.4 Å². The van der Waals surface area contributed by atoms with E-state index in [1.165, 1.54) is 0 Å². The molecule has 0 saturated carbocycles. The van der Waals surface area contributed by atoms with E-state index in [-0.39, 0.29) is 11.6 Å². The van der Waals surface area contributed by atoms with Gasteiger partial charge in [-0.3, -0.25) is 5.43 Å². The molecule has 0 atom stereocenters. The zero-order valence-corrected chi connectivity index (χ0v) is 8.92. The highest BCUT2D eigenvalue weighted by Gasteiger charge is 2.07. The molecule has 5 N–H and O–H groups in total. The predicted octanol–water partition coefficient (Wildman–Crippen LogP) is 1.84. The number of benzene rings is 2. The summed E-state index contributed by atoms with van der Waals surface area (Å²) in [5.41, 5.74) is 13.8. The molecule has 86 valence electrons. The first-order chi connectivity index (χ1) is 8.22. The maximum atomic E-state index is 10.9. The molecule has 2 rings (SSSR count). The minimum Gasteiger partial charge on any atom is -0.369 e. The molecule has 17 heavy (non-hydrogen) atoms. The van der Waals surface area contributed by atoms with Gasteiger partial charge in [-0.25, -0.2) is 0 Å². The third kappa shape index (κ3) is 2.15. The highest BCUT2D eigenvalue weighted by molar-refractivity contribution is 5.98. The van der Waals surface area contributed by atoms with Crippen LogP contribution >= 0.6 is 0 Å². The van der Waals surface area contributed by atoms with E-state index in [0.29, 0.717) is 5.69 Å². The van der Waals surface area contributed by atoms with Crippen LogP contribution in [0, 0.1) is 4.91 Å². The second kappa shape index (κ2) is 4.48. The van der Waals surface area contributed by atoms with Crippen molar-refractivity contribution >= 4 is 28.1 Å². The van der Waals surface area contributed by atoms with Crippen molar-refractivity contribution in [1.29, 1.82) is 0 Å². The number of fused-ring (bicyclic) bond motifs is 1. The van der Waals surface area contributed by atoms with Gasteiger partial charge >= 0.3 is 0 Å². The number of anilines is 1. The lowest BCUT2D eigenvalue weighted by molar-refractivity contribution is 1.29. The maximum absolute atomic E-state index is 10.9. The summed E-state index contributed by atoms with van der Waals surface area (Å²) in [6.07, 6.45) is 0. The normalized spacial score (nSPS) is 9.88. The van der Waals surface area contributed by atoms with Gasteiger partial charge in [0.05, 0.1) is 5.69 Å². The van der Waals surface area contributed by atoms with Gasteiger partial charge in [0.15, 0.2) is 0 Å². The number of nitroso groups, excluding NO2 is 1. The lowest BCUT2D eigenvalue weighted by Crippen LogP contribution is -2.23. The topological polar surface area (TPSA) is 106 Å². The number of guanidine groups is 1. The van der Waals surface area contributed by atoms with Crippen LogP contribution in [0.15, 0.2) is 46.7 Å². The van der Waals surface area contributed by atoms with Crippen LogP contribution in [0.1, 0.15) is 0 Å². The van der Waals surface area contributed by atoms with Crippen LogP contribution in [0.3, 0.4) is 0 Å². The van der Waals surface area contributed by atoms with E-state index in [1.54, 1.807) is 6.07 Å². The van der Waals surface area contributed by atoms with Gasteiger partial charge in [-0.2, -0.15) is 0 Å². The van der Waals surface area contributed by atoms with Crippen LogP contribution in [-0.4, -0.2) is 5.96 Å². The first kappa shape index (κ1) is 10.9. The van der Waals surface area contributed by atoms with Crippen molar-refractivity contribution in [3.63, 3.8) is 0 Å². The zero-order chi connectivity index (χ0) is 12.3. The summed E-state index contributed by atoms with van der Waals surface area (Å²) in [5.74, 6) is -0.116. The lowest BCUT2D eigenvalue weighted by atomic mass is 10.1. The van der Waals surface area contributed by atoms with Crippen molar-refractivity contribution < 1.29 is 0 Å². The Morgan fingerprint density at radius 3 is 2.59 bits per heavy atom. The molecule has 0 aliphatic rings. The van der Waals surface area contributed by atoms with Crippen molar-refractivity contribution in [3.8, 4) is 0 Å². The fourth-order valence-corrected chi connectivity index (χ4v) is 1.57. The van der Waals surface area contributed by atoms with Gasteiger partial charge < -0.3 is 11.5 Å². The Morgan fingerprint density at radius 2 is 1.88 bits per heavy atom. The average molecular weight is 229 g/mol. The van der Waals surface area contributed by atoms with E-state index in [2.05, 4.69) is 15.7 Å². The summed E-state index contributed by atoms with van der Waals surface area (Å²) in [6.45, 7) is 0. The van der Waals surface area contributed by atoms with E-state index in [9.17, 15) is 4.91 Å². The second-order valence-electron chi connectivity index (χ2n) is 3.42. The fraction of sp³-hybridized carbons (Fsp3) is 0. The SMILES string of the molecule is NC(N)=NNc1ccc2ccccc2c1N=O. The molecule has 0 spiro atoms. The molecule has 2 aromatic carbocycles. The van der Waals surface area contributed by atoms with Crippen molar-refractivity contribution in [2.75, 3.05) is 5.43 Å². The number of nitrogens with one attached hydrogen (secondary N) is 1. The summed E-state index contributed by atoms with van der Waals surface area (Å²) >= 11 is 0. The molecule has 0 radical (unpaired) electrons. The second-order valence-corrected chi connectivity index (χ2v) is 3.42. The Morgan fingerprint density at radius 1 is 1.12 bits per heavy atom. The van der Waals surface area contributed by atoms with E-state index in [4.69, 9.17) is 11.5 Å². The van der Waals surface area contributed by atoms with E-state index in [1.807, 2.05) is 30.3 Å². The highest BCUT2D eigenvalue weighted by Crippen LogP contribution is 2.33. The summed E-state index contributed by atoms with van der Waals surface area (Å²) < 4.78 is 0. The molecular weight excluding hydrogens is 218 g/mol. The van der Waals surface area contributed by atoms with Gasteiger partial charge in [0.2, 0.25) is 5.96 Å². The number of hydrogen-bond acceptors (Lipinski definition) is 4. The van der Waals surface area contributed by atoms with Gasteiger partial charge in [0.1, 0.15) is 5.69 Å². The summed E-state index contributed by atoms with van der Waals surface area (Å²) in [4.78, 5) is 10.9. The Bertz CT molecular complexity index is 589. The molecule has 0 saturated heterocycles. The van der Waals surface area contributed by atoms with Crippen LogP contribution in [0.2, 0.25) is 0 Å². The summed E-state index contributed by atoms with van der Waals surface area (Å²) in [6, 6.07) is 11.0. The van der Waals surface area contributed by atoms with E-state index < -0.39 is 0 Å². The van der Waals surface area contributed by atoms with Crippen molar-refractivity contribution in [3.05, 3.63) is 41.3 Å². The largest absolute Gasteiger partial charge is 0.369 e. The third-order valence-electron chi connectivity index (χ3n) is 2.30. The third-order valence-corrected chi connectivity index (χ3v) is 2.30. The molecule has 0 aliphatic heterocycles. The summed E-state index contributed by atoms with van der Waals surface area (Å²) in [5, 5.41) is 8.32. The minimum atomic E-state index is -0.116. The molecule has 0 fully saturated rings. The van der Waals surface area contributed by atoms with E-state index >= 15 is 0 Å². The fourth-order valence-electron chi connectivity index (χ4n) is 1.57. The average Bonchev–Trinajstić information content (AvgIpc) is 2.35. The molecule has 0 bridgehead atoms. The van der Waals surface area contributed by atoms with Crippen molar-refractivity contribution in [2.45, 2.75) is 0 Å². The molecule has 6 nitrogen and oxygen atoms in total. The molecular formula is C11H11N5O. The number of hydrazone groups is 1. The molecule has 0 unspecified atom stereocenters. The van der Waals surface area contributed by atoms with Gasteiger partial charge in [-0.05, 0) is 16.6 Å². The smallest absolute Gasteiger partial charge is 0.208 e. The Hall–Kier alpha value is -2.63. The van der Waals surface area contributed by atoms with Crippen LogP contribution in [0.25, 0.3) is 10.8 Å². The standard InChI is InChI=1S/C11H11N5O/c12-11(13)15-14-9-6-5-7-3-1-2-4-8(7)10(9)16-17/h1-6,14H,(H4,12,13,15). The quantitative estimate of drug-likeness (QED) is 0.323. The summed E-state index contributed by atoms with van der Waals surface area (Å²) in [7, 11) is 0. The van der Waals surface area contributed by atoms with Crippen LogP contribution < -0.4 is 16.9 Å². The first-order valence-corrected chi connectivity index (χ1v) is 4.92. The molecule has 0 aliphatic carbocycles. The highest BCUT2D eigenvalue weighted by atomic mass is 16.3. The number of rotatable bonds is 3. The van der Waals surface area contributed by atoms with Crippen molar-refractivity contribution in [2.24, 2.45) is 21.7 Å². The zero-order valence-electron chi connectivity index (χ0n) is 8.92. The van der Waals surface area contributed by atoms with Crippen LogP contribution in [-0.2, 0) is 0 Å². The van der Waals surface area contributed by atoms with Gasteiger partial charge in [-0.15, -0.1) is 10.0 Å². The monoisotopic (exact) mass is 229 g/mol. The molecule has 0 amide bonds. The predicted molar refractivity (Wildman–Crippen MR) is 68.8 cm³/mol. The Labute approximate surface area is 97.3 Å². The Balaban J connectivity index is 2.57. The van der Waals surface area contributed by atoms with Gasteiger partial charge in [0, 0.05) is 5.39 Å². The van der Waals surface area contributed by atoms with Crippen molar-refractivity contribution in [1.82, 2.24) is 0 Å². The van der Waals surface area contributed by atoms with Gasteiger partial charge in [-0.1, -0.05) is 30.3 Å². The molecule has 2 aromatic rings. The lowest BCUT2D eigenvalue weighted by Gasteiger charge is -2.06.